The molecule has 2 fully saturated rings. The Kier molecular flexibility index (Phi) is 4.40. The zero-order chi connectivity index (χ0) is 14.2. The van der Waals surface area contributed by atoms with Gasteiger partial charge in [0.05, 0.1) is 11.3 Å². The highest BCUT2D eigenvalue weighted by Crippen LogP contribution is 2.36. The van der Waals surface area contributed by atoms with Gasteiger partial charge in [-0.05, 0) is 18.4 Å². The molecule has 19 heavy (non-hydrogen) atoms. The third-order valence-corrected chi connectivity index (χ3v) is 5.60. The highest BCUT2D eigenvalue weighted by atomic mass is 32.2. The van der Waals surface area contributed by atoms with Crippen molar-refractivity contribution in [2.24, 2.45) is 17.8 Å². The number of thioether (sulfide) groups is 1. The molecule has 0 bridgehead atoms. The number of nitrogens with zero attached hydrogens (tertiary/aromatic N) is 1. The minimum absolute atomic E-state index is 0.00796. The molecule has 0 spiro atoms. The first kappa shape index (κ1) is 14.7. The third kappa shape index (κ3) is 2.74. The summed E-state index contributed by atoms with van der Waals surface area (Å²) in [5.74, 6) is 0.0830. The van der Waals surface area contributed by atoms with Gasteiger partial charge >= 0.3 is 5.97 Å². The van der Waals surface area contributed by atoms with Gasteiger partial charge < -0.3 is 15.3 Å². The molecule has 2 aliphatic rings. The van der Waals surface area contributed by atoms with Gasteiger partial charge in [0.15, 0.2) is 0 Å². The second-order valence-corrected chi connectivity index (χ2v) is 6.96. The van der Waals surface area contributed by atoms with Crippen LogP contribution in [0, 0.1) is 17.8 Å². The van der Waals surface area contributed by atoms with Crippen LogP contribution in [0.3, 0.4) is 0 Å². The summed E-state index contributed by atoms with van der Waals surface area (Å²) in [5, 5.41) is 12.5. The summed E-state index contributed by atoms with van der Waals surface area (Å²) in [7, 11) is 0. The Bertz CT molecular complexity index is 375. The van der Waals surface area contributed by atoms with Gasteiger partial charge in [0, 0.05) is 12.3 Å². The van der Waals surface area contributed by atoms with Crippen molar-refractivity contribution >= 4 is 23.6 Å². The van der Waals surface area contributed by atoms with E-state index in [0.717, 1.165) is 6.54 Å². The summed E-state index contributed by atoms with van der Waals surface area (Å²) in [5.41, 5.74) is 0. The van der Waals surface area contributed by atoms with Crippen LogP contribution < -0.4 is 5.32 Å². The van der Waals surface area contributed by atoms with Crippen molar-refractivity contribution in [1.82, 2.24) is 10.2 Å². The number of carboxylic acids is 1. The van der Waals surface area contributed by atoms with Crippen molar-refractivity contribution < 1.29 is 14.7 Å². The van der Waals surface area contributed by atoms with Crippen LogP contribution in [-0.4, -0.2) is 52.1 Å². The van der Waals surface area contributed by atoms with Crippen LogP contribution in [0.5, 0.6) is 0 Å². The van der Waals surface area contributed by atoms with Crippen LogP contribution in [0.15, 0.2) is 0 Å². The lowest BCUT2D eigenvalue weighted by molar-refractivity contribution is -0.151. The summed E-state index contributed by atoms with van der Waals surface area (Å²) in [6, 6.07) is -0.669. The molecule has 2 heterocycles. The van der Waals surface area contributed by atoms with Gasteiger partial charge in [-0.1, -0.05) is 20.8 Å². The molecule has 0 saturated carbocycles. The predicted octanol–water partition coefficient (Wildman–Crippen LogP) is 0.853. The Hall–Kier alpha value is -0.750. The Morgan fingerprint density at radius 2 is 2.05 bits per heavy atom. The van der Waals surface area contributed by atoms with E-state index in [9.17, 15) is 14.7 Å². The predicted molar refractivity (Wildman–Crippen MR) is 74.9 cm³/mol. The standard InChI is InChI=1S/C13H22N2O3S/c1-7(2)12-15(10(6-19-12)13(17)18)11(16)9-5-14-4-8(9)3/h7-10,12,14H,4-6H2,1-3H3,(H,17,18)/t8-,9-,10?,12?/m1/s1. The smallest absolute Gasteiger partial charge is 0.327 e. The number of hydrogen-bond acceptors (Lipinski definition) is 4. The Morgan fingerprint density at radius 1 is 1.37 bits per heavy atom. The largest absolute Gasteiger partial charge is 0.480 e. The topological polar surface area (TPSA) is 69.6 Å². The summed E-state index contributed by atoms with van der Waals surface area (Å²) >= 11 is 1.59. The zero-order valence-corrected chi connectivity index (χ0v) is 12.4. The summed E-state index contributed by atoms with van der Waals surface area (Å²) in [4.78, 5) is 25.7. The van der Waals surface area contributed by atoms with Gasteiger partial charge in [-0.15, -0.1) is 11.8 Å². The fourth-order valence-corrected chi connectivity index (χ4v) is 4.32. The molecule has 0 aromatic rings. The molecule has 0 aromatic heterocycles. The summed E-state index contributed by atoms with van der Waals surface area (Å²) in [6.45, 7) is 7.63. The third-order valence-electron chi connectivity index (χ3n) is 3.98. The van der Waals surface area contributed by atoms with Gasteiger partial charge in [-0.2, -0.15) is 0 Å². The van der Waals surface area contributed by atoms with Gasteiger partial charge in [0.25, 0.3) is 0 Å². The lowest BCUT2D eigenvalue weighted by atomic mass is 9.95. The molecule has 4 atom stereocenters. The van der Waals surface area contributed by atoms with Crippen molar-refractivity contribution in [3.8, 4) is 0 Å². The first-order valence-electron chi connectivity index (χ1n) is 6.80. The minimum atomic E-state index is -0.886. The van der Waals surface area contributed by atoms with E-state index in [1.807, 2.05) is 20.8 Å². The quantitative estimate of drug-likeness (QED) is 0.805. The number of nitrogens with one attached hydrogen (secondary N) is 1. The fraction of sp³-hybridized carbons (Fsp3) is 0.846. The number of amides is 1. The highest BCUT2D eigenvalue weighted by Gasteiger charge is 2.46. The van der Waals surface area contributed by atoms with Gasteiger partial charge in [-0.25, -0.2) is 4.79 Å². The molecule has 2 saturated heterocycles. The van der Waals surface area contributed by atoms with Crippen molar-refractivity contribution in [3.63, 3.8) is 0 Å². The Balaban J connectivity index is 2.20. The first-order valence-corrected chi connectivity index (χ1v) is 7.85. The molecule has 2 rings (SSSR count). The zero-order valence-electron chi connectivity index (χ0n) is 11.6. The van der Waals surface area contributed by atoms with E-state index in [2.05, 4.69) is 5.32 Å². The second-order valence-electron chi connectivity index (χ2n) is 5.81. The molecule has 0 aliphatic carbocycles. The molecule has 2 unspecified atom stereocenters. The lowest BCUT2D eigenvalue weighted by Gasteiger charge is -2.32. The highest BCUT2D eigenvalue weighted by molar-refractivity contribution is 8.00. The fourth-order valence-electron chi connectivity index (χ4n) is 2.84. The van der Waals surface area contributed by atoms with Gasteiger partial charge in [0.2, 0.25) is 5.91 Å². The monoisotopic (exact) mass is 286 g/mol. The molecule has 1 amide bonds. The van der Waals surface area contributed by atoms with E-state index in [4.69, 9.17) is 0 Å². The number of rotatable bonds is 3. The van der Waals surface area contributed by atoms with E-state index in [1.165, 1.54) is 0 Å². The summed E-state index contributed by atoms with van der Waals surface area (Å²) in [6.07, 6.45) is 0. The van der Waals surface area contributed by atoms with Crippen molar-refractivity contribution in [2.45, 2.75) is 32.2 Å². The lowest BCUT2D eigenvalue weighted by Crippen LogP contribution is -2.50. The average Bonchev–Trinajstić information content (AvgIpc) is 2.93. The molecule has 108 valence electrons. The Labute approximate surface area is 118 Å². The molecule has 5 nitrogen and oxygen atoms in total. The van der Waals surface area contributed by atoms with E-state index in [-0.39, 0.29) is 29.0 Å². The number of aliphatic carboxylic acids is 1. The molecule has 0 aromatic carbocycles. The van der Waals surface area contributed by atoms with Crippen molar-refractivity contribution in [1.29, 1.82) is 0 Å². The normalized spacial score (nSPS) is 35.1. The molecule has 2 aliphatic heterocycles. The average molecular weight is 286 g/mol. The SMILES string of the molecule is CC(C)C1SCC(C(=O)O)N1C(=O)[C@@H]1CNC[C@H]1C. The van der Waals surface area contributed by atoms with Crippen LogP contribution in [0.4, 0.5) is 0 Å². The van der Waals surface area contributed by atoms with Crippen LogP contribution in [-0.2, 0) is 9.59 Å². The first-order chi connectivity index (χ1) is 8.93. The van der Waals surface area contributed by atoms with Gasteiger partial charge in [0.1, 0.15) is 6.04 Å². The van der Waals surface area contributed by atoms with E-state index < -0.39 is 12.0 Å². The molecule has 2 N–H and O–H groups in total. The number of hydrogen-bond donors (Lipinski definition) is 2. The number of carbonyl (C=O) groups is 2. The second kappa shape index (κ2) is 5.71. The Morgan fingerprint density at radius 3 is 2.53 bits per heavy atom. The van der Waals surface area contributed by atoms with E-state index >= 15 is 0 Å². The number of carboxylic acid groups (broad SMARTS) is 1. The maximum Gasteiger partial charge on any atom is 0.327 e. The molecule has 6 heteroatoms. The van der Waals surface area contributed by atoms with E-state index in [0.29, 0.717) is 12.3 Å². The van der Waals surface area contributed by atoms with Gasteiger partial charge in [-0.3, -0.25) is 4.79 Å². The molecular formula is C13H22N2O3S. The maximum atomic E-state index is 12.7. The maximum absolute atomic E-state index is 12.7. The summed E-state index contributed by atoms with van der Waals surface area (Å²) < 4.78 is 0. The van der Waals surface area contributed by atoms with Crippen molar-refractivity contribution in [2.75, 3.05) is 18.8 Å². The number of carbonyl (C=O) groups excluding carboxylic acids is 1. The van der Waals surface area contributed by atoms with E-state index in [1.54, 1.807) is 16.7 Å². The minimum Gasteiger partial charge on any atom is -0.480 e. The van der Waals surface area contributed by atoms with Crippen molar-refractivity contribution in [3.05, 3.63) is 0 Å². The van der Waals surface area contributed by atoms with Crippen LogP contribution in [0.2, 0.25) is 0 Å². The van der Waals surface area contributed by atoms with Crippen LogP contribution in [0.1, 0.15) is 20.8 Å². The molecule has 0 radical (unpaired) electrons. The molecular weight excluding hydrogens is 264 g/mol. The van der Waals surface area contributed by atoms with Crippen LogP contribution in [0.25, 0.3) is 0 Å². The van der Waals surface area contributed by atoms with Crippen LogP contribution >= 0.6 is 11.8 Å².